The molecule has 5 nitrogen and oxygen atoms in total. The maximum atomic E-state index is 12.1. The smallest absolute Gasteiger partial charge is 0.246 e. The second-order valence-corrected chi connectivity index (χ2v) is 6.03. The van der Waals surface area contributed by atoms with Gasteiger partial charge in [-0.2, -0.15) is 0 Å². The van der Waals surface area contributed by atoms with E-state index in [1.54, 1.807) is 24.1 Å². The number of morpholine rings is 1. The van der Waals surface area contributed by atoms with Gasteiger partial charge < -0.3 is 14.7 Å². The largest absolute Gasteiger partial charge is 0.390 e. The van der Waals surface area contributed by atoms with Gasteiger partial charge >= 0.3 is 0 Å². The van der Waals surface area contributed by atoms with E-state index >= 15 is 0 Å². The maximum absolute atomic E-state index is 12.1. The first-order valence-electron chi connectivity index (χ1n) is 8.02. The second kappa shape index (κ2) is 8.82. The number of aliphatic hydroxyl groups excluding tert-OH is 1. The number of β-amino-alcohol motifs (C(OH)–C–C–N with tert-alkyl or cyclic N) is 1. The molecule has 0 radical (unpaired) electrons. The Labute approximate surface area is 138 Å². The van der Waals surface area contributed by atoms with Crippen LogP contribution in [0.4, 0.5) is 0 Å². The van der Waals surface area contributed by atoms with Gasteiger partial charge in [-0.1, -0.05) is 29.8 Å². The van der Waals surface area contributed by atoms with Crippen LogP contribution >= 0.6 is 0 Å². The summed E-state index contributed by atoms with van der Waals surface area (Å²) >= 11 is 0. The zero-order valence-electron chi connectivity index (χ0n) is 13.9. The number of likely N-dealkylation sites (N-methyl/N-ethyl adjacent to an activating group) is 1. The predicted octanol–water partition coefficient (Wildman–Crippen LogP) is 1.16. The van der Waals surface area contributed by atoms with E-state index in [4.69, 9.17) is 4.74 Å². The van der Waals surface area contributed by atoms with Gasteiger partial charge in [0.2, 0.25) is 5.91 Å². The summed E-state index contributed by atoms with van der Waals surface area (Å²) in [6, 6.07) is 7.98. The first kappa shape index (κ1) is 17.7. The monoisotopic (exact) mass is 318 g/mol. The SMILES string of the molecule is Cc1ccc(/C=C/C(=O)N(C)CC(O)CN2CCOCC2)cc1. The van der Waals surface area contributed by atoms with Gasteiger partial charge in [0, 0.05) is 39.3 Å². The first-order chi connectivity index (χ1) is 11.0. The molecule has 0 spiro atoms. The topological polar surface area (TPSA) is 53.0 Å². The van der Waals surface area contributed by atoms with Gasteiger partial charge in [-0.05, 0) is 18.6 Å². The summed E-state index contributed by atoms with van der Waals surface area (Å²) in [7, 11) is 1.71. The van der Waals surface area contributed by atoms with E-state index < -0.39 is 6.10 Å². The van der Waals surface area contributed by atoms with E-state index in [9.17, 15) is 9.90 Å². The van der Waals surface area contributed by atoms with Crippen LogP contribution in [0.15, 0.2) is 30.3 Å². The summed E-state index contributed by atoms with van der Waals surface area (Å²) in [4.78, 5) is 15.8. The number of benzene rings is 1. The lowest BCUT2D eigenvalue weighted by Crippen LogP contribution is -2.44. The van der Waals surface area contributed by atoms with E-state index in [0.29, 0.717) is 26.3 Å². The van der Waals surface area contributed by atoms with Crippen LogP contribution in [0.1, 0.15) is 11.1 Å². The molecule has 1 unspecified atom stereocenters. The van der Waals surface area contributed by atoms with Crippen molar-refractivity contribution >= 4 is 12.0 Å². The minimum absolute atomic E-state index is 0.105. The van der Waals surface area contributed by atoms with Gasteiger partial charge in [-0.3, -0.25) is 9.69 Å². The van der Waals surface area contributed by atoms with Crippen molar-refractivity contribution in [2.75, 3.05) is 46.4 Å². The van der Waals surface area contributed by atoms with Gasteiger partial charge in [0.05, 0.1) is 19.3 Å². The average Bonchev–Trinajstić information content (AvgIpc) is 2.54. The summed E-state index contributed by atoms with van der Waals surface area (Å²) < 4.78 is 5.28. The third-order valence-corrected chi connectivity index (χ3v) is 3.93. The molecule has 1 heterocycles. The molecule has 2 rings (SSSR count). The van der Waals surface area contributed by atoms with Crippen molar-refractivity contribution in [3.8, 4) is 0 Å². The number of ether oxygens (including phenoxy) is 1. The summed E-state index contributed by atoms with van der Waals surface area (Å²) in [5, 5.41) is 10.1. The highest BCUT2D eigenvalue weighted by Crippen LogP contribution is 2.06. The fourth-order valence-electron chi connectivity index (χ4n) is 2.52. The normalized spacial score (nSPS) is 17.3. The highest BCUT2D eigenvalue weighted by Gasteiger charge is 2.17. The third-order valence-electron chi connectivity index (χ3n) is 3.93. The lowest BCUT2D eigenvalue weighted by Gasteiger charge is -2.29. The van der Waals surface area contributed by atoms with Crippen molar-refractivity contribution in [1.82, 2.24) is 9.80 Å². The lowest BCUT2D eigenvalue weighted by molar-refractivity contribution is -0.126. The van der Waals surface area contributed by atoms with Crippen LogP contribution in [-0.2, 0) is 9.53 Å². The van der Waals surface area contributed by atoms with E-state index in [1.165, 1.54) is 5.56 Å². The second-order valence-electron chi connectivity index (χ2n) is 6.03. The Bertz CT molecular complexity index is 522. The number of hydrogen-bond acceptors (Lipinski definition) is 4. The van der Waals surface area contributed by atoms with E-state index in [0.717, 1.165) is 18.7 Å². The van der Waals surface area contributed by atoms with E-state index in [-0.39, 0.29) is 5.91 Å². The average molecular weight is 318 g/mol. The number of rotatable bonds is 6. The van der Waals surface area contributed by atoms with E-state index in [1.807, 2.05) is 31.2 Å². The van der Waals surface area contributed by atoms with Crippen molar-refractivity contribution in [3.63, 3.8) is 0 Å². The van der Waals surface area contributed by atoms with Crippen LogP contribution in [0.5, 0.6) is 0 Å². The fourth-order valence-corrected chi connectivity index (χ4v) is 2.52. The molecule has 1 amide bonds. The van der Waals surface area contributed by atoms with Crippen molar-refractivity contribution < 1.29 is 14.6 Å². The molecule has 1 N–H and O–H groups in total. The van der Waals surface area contributed by atoms with Crippen molar-refractivity contribution in [2.45, 2.75) is 13.0 Å². The molecule has 1 fully saturated rings. The summed E-state index contributed by atoms with van der Waals surface area (Å²) in [5.74, 6) is -0.105. The van der Waals surface area contributed by atoms with E-state index in [2.05, 4.69) is 4.90 Å². The Morgan fingerprint density at radius 3 is 2.65 bits per heavy atom. The molecule has 126 valence electrons. The zero-order valence-corrected chi connectivity index (χ0v) is 13.9. The van der Waals surface area contributed by atoms with Gasteiger partial charge in [0.15, 0.2) is 0 Å². The van der Waals surface area contributed by atoms with Crippen LogP contribution in [0.2, 0.25) is 0 Å². The van der Waals surface area contributed by atoms with Gasteiger partial charge in [-0.15, -0.1) is 0 Å². The molecule has 0 aliphatic carbocycles. The Hall–Kier alpha value is -1.69. The van der Waals surface area contributed by atoms with Crippen LogP contribution < -0.4 is 0 Å². The van der Waals surface area contributed by atoms with Crippen molar-refractivity contribution in [3.05, 3.63) is 41.5 Å². The highest BCUT2D eigenvalue weighted by molar-refractivity contribution is 5.91. The zero-order chi connectivity index (χ0) is 16.7. The molecule has 0 bridgehead atoms. The molecule has 1 aromatic rings. The lowest BCUT2D eigenvalue weighted by atomic mass is 10.1. The summed E-state index contributed by atoms with van der Waals surface area (Å²) in [6.45, 7) is 6.02. The van der Waals surface area contributed by atoms with Crippen LogP contribution in [-0.4, -0.2) is 73.4 Å². The van der Waals surface area contributed by atoms with Gasteiger partial charge in [0.25, 0.3) is 0 Å². The van der Waals surface area contributed by atoms with Crippen LogP contribution in [0, 0.1) is 6.92 Å². The molecule has 5 heteroatoms. The first-order valence-corrected chi connectivity index (χ1v) is 8.02. The van der Waals surface area contributed by atoms with Gasteiger partial charge in [-0.25, -0.2) is 0 Å². The number of carbonyl (C=O) groups is 1. The number of nitrogens with zero attached hydrogens (tertiary/aromatic N) is 2. The molecule has 1 aliphatic rings. The number of amides is 1. The molecule has 23 heavy (non-hydrogen) atoms. The number of aryl methyl sites for hydroxylation is 1. The number of hydrogen-bond donors (Lipinski definition) is 1. The molecule has 1 saturated heterocycles. The quantitative estimate of drug-likeness (QED) is 0.800. The van der Waals surface area contributed by atoms with Gasteiger partial charge in [0.1, 0.15) is 0 Å². The standard InChI is InChI=1S/C18H26N2O3/c1-15-3-5-16(6-4-15)7-8-18(22)19(2)13-17(21)14-20-9-11-23-12-10-20/h3-8,17,21H,9-14H2,1-2H3/b8-7+. The number of aliphatic hydroxyl groups is 1. The summed E-state index contributed by atoms with van der Waals surface area (Å²) in [6.07, 6.45) is 2.80. The summed E-state index contributed by atoms with van der Waals surface area (Å²) in [5.41, 5.74) is 2.18. The van der Waals surface area contributed by atoms with Crippen LogP contribution in [0.3, 0.4) is 0 Å². The molecule has 1 aliphatic heterocycles. The number of carbonyl (C=O) groups excluding carboxylic acids is 1. The minimum Gasteiger partial charge on any atom is -0.390 e. The Balaban J connectivity index is 1.78. The van der Waals surface area contributed by atoms with Crippen LogP contribution in [0.25, 0.3) is 6.08 Å². The third kappa shape index (κ3) is 6.14. The van der Waals surface area contributed by atoms with Crippen molar-refractivity contribution in [2.24, 2.45) is 0 Å². The molecule has 0 saturated carbocycles. The van der Waals surface area contributed by atoms with Crippen molar-refractivity contribution in [1.29, 1.82) is 0 Å². The highest BCUT2D eigenvalue weighted by atomic mass is 16.5. The molecule has 1 atom stereocenters. The minimum atomic E-state index is -0.546. The molecular formula is C18H26N2O3. The molecule has 0 aromatic heterocycles. The Morgan fingerprint density at radius 1 is 1.35 bits per heavy atom. The molecule has 1 aromatic carbocycles. The molecular weight excluding hydrogens is 292 g/mol. The predicted molar refractivity (Wildman–Crippen MR) is 91.1 cm³/mol. The maximum Gasteiger partial charge on any atom is 0.246 e. The Morgan fingerprint density at radius 2 is 2.00 bits per heavy atom. The Kier molecular flexibility index (Phi) is 6.77. The fraction of sp³-hybridized carbons (Fsp3) is 0.500.